The highest BCUT2D eigenvalue weighted by atomic mass is 35.5. The summed E-state index contributed by atoms with van der Waals surface area (Å²) in [6, 6.07) is 18.9. The standard InChI is InChI=1S/C19H13ClN2OS2/c20-13-9-7-12(8-10-13)18(23)22-19-17(16-6-3-11-24-16)21-14-4-1-2-5-15(14)25-19/h1-11,19H,(H,22,23). The minimum absolute atomic E-state index is 0.141. The first-order valence-electron chi connectivity index (χ1n) is 7.65. The minimum Gasteiger partial charge on any atom is -0.334 e. The van der Waals surface area contributed by atoms with Crippen LogP contribution in [0, 0.1) is 0 Å². The first-order chi connectivity index (χ1) is 12.2. The van der Waals surface area contributed by atoms with E-state index in [1.165, 1.54) is 0 Å². The van der Waals surface area contributed by atoms with Crippen LogP contribution < -0.4 is 5.32 Å². The number of para-hydroxylation sites is 1. The van der Waals surface area contributed by atoms with Gasteiger partial charge in [0.2, 0.25) is 0 Å². The molecule has 2 heterocycles. The van der Waals surface area contributed by atoms with Gasteiger partial charge >= 0.3 is 0 Å². The van der Waals surface area contributed by atoms with E-state index in [0.29, 0.717) is 10.6 Å². The third-order valence-electron chi connectivity index (χ3n) is 3.74. The summed E-state index contributed by atoms with van der Waals surface area (Å²) in [4.78, 5) is 19.6. The van der Waals surface area contributed by atoms with Gasteiger partial charge in [0.05, 0.1) is 16.3 Å². The van der Waals surface area contributed by atoms with Gasteiger partial charge in [0.1, 0.15) is 5.37 Å². The molecule has 1 N–H and O–H groups in total. The molecule has 1 atom stereocenters. The van der Waals surface area contributed by atoms with Crippen LogP contribution in [0.3, 0.4) is 0 Å². The average molecular weight is 385 g/mol. The molecule has 0 spiro atoms. The molecule has 2 aromatic carbocycles. The van der Waals surface area contributed by atoms with E-state index in [4.69, 9.17) is 16.6 Å². The molecule has 25 heavy (non-hydrogen) atoms. The largest absolute Gasteiger partial charge is 0.334 e. The molecule has 1 aliphatic rings. The van der Waals surface area contributed by atoms with Crippen LogP contribution >= 0.6 is 34.7 Å². The van der Waals surface area contributed by atoms with E-state index in [1.54, 1.807) is 47.4 Å². The molecule has 0 fully saturated rings. The Labute approximate surface area is 158 Å². The highest BCUT2D eigenvalue weighted by molar-refractivity contribution is 8.01. The van der Waals surface area contributed by atoms with Gasteiger partial charge in [-0.25, -0.2) is 4.99 Å². The lowest BCUT2D eigenvalue weighted by atomic mass is 10.2. The second-order valence-electron chi connectivity index (χ2n) is 5.42. The van der Waals surface area contributed by atoms with Crippen LogP contribution in [0.25, 0.3) is 0 Å². The fraction of sp³-hybridized carbons (Fsp3) is 0.0526. The van der Waals surface area contributed by atoms with Crippen molar-refractivity contribution in [2.45, 2.75) is 10.3 Å². The fourth-order valence-electron chi connectivity index (χ4n) is 2.53. The number of hydrogen-bond acceptors (Lipinski definition) is 4. The van der Waals surface area contributed by atoms with Gasteiger partial charge in [0, 0.05) is 15.5 Å². The third kappa shape index (κ3) is 3.49. The molecule has 3 aromatic rings. The van der Waals surface area contributed by atoms with Crippen molar-refractivity contribution in [3.05, 3.63) is 81.5 Å². The van der Waals surface area contributed by atoms with Crippen molar-refractivity contribution in [2.24, 2.45) is 4.99 Å². The van der Waals surface area contributed by atoms with E-state index < -0.39 is 0 Å². The molecule has 1 aromatic heterocycles. The van der Waals surface area contributed by atoms with Gasteiger partial charge in [-0.15, -0.1) is 11.3 Å². The number of nitrogens with zero attached hydrogens (tertiary/aromatic N) is 1. The quantitative estimate of drug-likeness (QED) is 0.658. The number of fused-ring (bicyclic) bond motifs is 1. The fourth-order valence-corrected chi connectivity index (χ4v) is 4.58. The number of carbonyl (C=O) groups is 1. The first-order valence-corrected chi connectivity index (χ1v) is 9.79. The number of aliphatic imine (C=N–C) groups is 1. The highest BCUT2D eigenvalue weighted by Crippen LogP contribution is 2.38. The maximum absolute atomic E-state index is 12.6. The Morgan fingerprint density at radius 2 is 1.84 bits per heavy atom. The van der Waals surface area contributed by atoms with E-state index in [2.05, 4.69) is 5.32 Å². The zero-order valence-electron chi connectivity index (χ0n) is 13.0. The van der Waals surface area contributed by atoms with Crippen molar-refractivity contribution in [1.82, 2.24) is 5.32 Å². The monoisotopic (exact) mass is 384 g/mol. The van der Waals surface area contributed by atoms with Crippen molar-refractivity contribution < 1.29 is 4.79 Å². The van der Waals surface area contributed by atoms with E-state index in [0.717, 1.165) is 21.2 Å². The van der Waals surface area contributed by atoms with Crippen LogP contribution in [0.15, 0.2) is 75.9 Å². The Balaban J connectivity index is 1.66. The van der Waals surface area contributed by atoms with Crippen molar-refractivity contribution >= 4 is 52.0 Å². The molecule has 1 unspecified atom stereocenters. The second-order valence-corrected chi connectivity index (χ2v) is 7.95. The van der Waals surface area contributed by atoms with Crippen LogP contribution in [0.1, 0.15) is 15.2 Å². The van der Waals surface area contributed by atoms with E-state index in [9.17, 15) is 4.79 Å². The normalized spacial score (nSPS) is 16.0. The molecule has 6 heteroatoms. The molecule has 1 amide bonds. The molecule has 0 radical (unpaired) electrons. The molecule has 4 rings (SSSR count). The lowest BCUT2D eigenvalue weighted by Crippen LogP contribution is -2.39. The Hall–Kier alpha value is -2.08. The number of amides is 1. The number of halogens is 1. The van der Waals surface area contributed by atoms with E-state index >= 15 is 0 Å². The topological polar surface area (TPSA) is 41.5 Å². The maximum Gasteiger partial charge on any atom is 0.252 e. The Kier molecular flexibility index (Phi) is 4.61. The predicted octanol–water partition coefficient (Wildman–Crippen LogP) is 5.38. The lowest BCUT2D eigenvalue weighted by Gasteiger charge is -2.24. The number of thiophene rings is 1. The molecule has 0 bridgehead atoms. The molecular weight excluding hydrogens is 372 g/mol. The molecule has 1 aliphatic heterocycles. The summed E-state index contributed by atoms with van der Waals surface area (Å²) < 4.78 is 0. The summed E-state index contributed by atoms with van der Waals surface area (Å²) in [7, 11) is 0. The highest BCUT2D eigenvalue weighted by Gasteiger charge is 2.27. The molecule has 0 saturated carbocycles. The lowest BCUT2D eigenvalue weighted by molar-refractivity contribution is 0.0956. The number of rotatable bonds is 3. The first kappa shape index (κ1) is 16.4. The number of carbonyl (C=O) groups excluding carboxylic acids is 1. The second kappa shape index (κ2) is 7.04. The van der Waals surface area contributed by atoms with Gasteiger partial charge in [-0.05, 0) is 47.8 Å². The van der Waals surface area contributed by atoms with Crippen LogP contribution in [-0.2, 0) is 0 Å². The Bertz CT molecular complexity index is 936. The summed E-state index contributed by atoms with van der Waals surface area (Å²) in [6.45, 7) is 0. The van der Waals surface area contributed by atoms with Gasteiger partial charge < -0.3 is 5.32 Å². The number of benzene rings is 2. The molecule has 0 saturated heterocycles. The van der Waals surface area contributed by atoms with Crippen molar-refractivity contribution in [3.63, 3.8) is 0 Å². The summed E-state index contributed by atoms with van der Waals surface area (Å²) in [6.07, 6.45) is 0. The van der Waals surface area contributed by atoms with Gasteiger partial charge in [-0.2, -0.15) is 0 Å². The van der Waals surface area contributed by atoms with Crippen molar-refractivity contribution in [1.29, 1.82) is 0 Å². The third-order valence-corrected chi connectivity index (χ3v) is 6.06. The number of hydrogen-bond donors (Lipinski definition) is 1. The minimum atomic E-state index is -0.239. The Morgan fingerprint density at radius 3 is 2.60 bits per heavy atom. The molecule has 124 valence electrons. The zero-order valence-corrected chi connectivity index (χ0v) is 15.4. The summed E-state index contributed by atoms with van der Waals surface area (Å²) >= 11 is 9.13. The summed E-state index contributed by atoms with van der Waals surface area (Å²) in [5.74, 6) is -0.141. The van der Waals surface area contributed by atoms with Gasteiger partial charge in [-0.1, -0.05) is 41.6 Å². The smallest absolute Gasteiger partial charge is 0.252 e. The van der Waals surface area contributed by atoms with Gasteiger partial charge in [0.25, 0.3) is 5.91 Å². The molecule has 3 nitrogen and oxygen atoms in total. The van der Waals surface area contributed by atoms with E-state index in [-0.39, 0.29) is 11.3 Å². The SMILES string of the molecule is O=C(NC1Sc2ccccc2N=C1c1cccs1)c1ccc(Cl)cc1. The van der Waals surface area contributed by atoms with Crippen LogP contribution in [0.4, 0.5) is 5.69 Å². The average Bonchev–Trinajstić information content (AvgIpc) is 3.16. The Morgan fingerprint density at radius 1 is 1.04 bits per heavy atom. The van der Waals surface area contributed by atoms with Gasteiger partial charge in [0.15, 0.2) is 0 Å². The summed E-state index contributed by atoms with van der Waals surface area (Å²) in [5.41, 5.74) is 2.39. The predicted molar refractivity (Wildman–Crippen MR) is 106 cm³/mol. The zero-order chi connectivity index (χ0) is 17.2. The maximum atomic E-state index is 12.6. The van der Waals surface area contributed by atoms with Crippen LogP contribution in [0.2, 0.25) is 5.02 Å². The van der Waals surface area contributed by atoms with Crippen molar-refractivity contribution in [3.8, 4) is 0 Å². The van der Waals surface area contributed by atoms with E-state index in [1.807, 2.05) is 41.8 Å². The van der Waals surface area contributed by atoms with Crippen molar-refractivity contribution in [2.75, 3.05) is 0 Å². The van der Waals surface area contributed by atoms with Crippen LogP contribution in [-0.4, -0.2) is 17.0 Å². The molecular formula is C19H13ClN2OS2. The number of nitrogens with one attached hydrogen (secondary N) is 1. The van der Waals surface area contributed by atoms with Crippen LogP contribution in [0.5, 0.6) is 0 Å². The number of thioether (sulfide) groups is 1. The summed E-state index contributed by atoms with van der Waals surface area (Å²) in [5, 5.41) is 5.48. The molecule has 0 aliphatic carbocycles. The van der Waals surface area contributed by atoms with Gasteiger partial charge in [-0.3, -0.25) is 4.79 Å².